The number of halogens is 2. The van der Waals surface area contributed by atoms with E-state index in [0.717, 1.165) is 6.54 Å². The Hall–Kier alpha value is -0.350. The molecule has 0 aliphatic carbocycles. The molecule has 0 saturated heterocycles. The highest BCUT2D eigenvalue weighted by atomic mass is 79.9. The summed E-state index contributed by atoms with van der Waals surface area (Å²) in [5.74, 6) is 0. The van der Waals surface area contributed by atoms with Gasteiger partial charge >= 0.3 is 0 Å². The molecule has 0 N–H and O–H groups in total. The van der Waals surface area contributed by atoms with E-state index in [0.29, 0.717) is 4.47 Å². The van der Waals surface area contributed by atoms with Gasteiger partial charge in [0.15, 0.2) is 5.69 Å². The van der Waals surface area contributed by atoms with Crippen LogP contribution in [0.1, 0.15) is 17.4 Å². The van der Waals surface area contributed by atoms with E-state index in [1.165, 1.54) is 0 Å². The van der Waals surface area contributed by atoms with Crippen LogP contribution in [0, 0.1) is 0 Å². The zero-order chi connectivity index (χ0) is 8.43. The molecule has 0 aromatic carbocycles. The van der Waals surface area contributed by atoms with E-state index >= 15 is 0 Å². The number of aryl methyl sites for hydroxylation is 1. The lowest BCUT2D eigenvalue weighted by Crippen LogP contribution is -1.97. The summed E-state index contributed by atoms with van der Waals surface area (Å²) in [4.78, 5) is 10.7. The molecular weight excluding hydrogens is 231 g/mol. The van der Waals surface area contributed by atoms with Crippen molar-refractivity contribution in [3.63, 3.8) is 0 Å². The molecule has 0 aliphatic rings. The predicted octanol–water partition coefficient (Wildman–Crippen LogP) is 2.04. The fourth-order valence-corrected chi connectivity index (χ4v) is 1.44. The lowest BCUT2D eigenvalue weighted by molar-refractivity contribution is 0.107. The second kappa shape index (κ2) is 3.36. The molecule has 1 heterocycles. The van der Waals surface area contributed by atoms with Crippen molar-refractivity contribution in [1.82, 2.24) is 9.78 Å². The zero-order valence-corrected chi connectivity index (χ0v) is 8.18. The fourth-order valence-electron chi connectivity index (χ4n) is 0.692. The Kier molecular flexibility index (Phi) is 2.67. The summed E-state index contributed by atoms with van der Waals surface area (Å²) in [6, 6.07) is 0. The van der Waals surface area contributed by atoms with E-state index in [9.17, 15) is 4.79 Å². The monoisotopic (exact) mass is 236 g/mol. The van der Waals surface area contributed by atoms with E-state index in [1.54, 1.807) is 10.9 Å². The van der Waals surface area contributed by atoms with Crippen LogP contribution in [-0.4, -0.2) is 15.0 Å². The molecular formula is C6H6BrClN2O. The van der Waals surface area contributed by atoms with Crippen LogP contribution >= 0.6 is 27.5 Å². The zero-order valence-electron chi connectivity index (χ0n) is 5.84. The summed E-state index contributed by atoms with van der Waals surface area (Å²) in [5, 5.41) is 3.38. The van der Waals surface area contributed by atoms with Crippen LogP contribution in [0.4, 0.5) is 0 Å². The van der Waals surface area contributed by atoms with Gasteiger partial charge in [-0.25, -0.2) is 0 Å². The minimum atomic E-state index is -0.538. The van der Waals surface area contributed by atoms with Crippen LogP contribution in [0.3, 0.4) is 0 Å². The second-order valence-electron chi connectivity index (χ2n) is 1.96. The first-order chi connectivity index (χ1) is 5.15. The Morgan fingerprint density at radius 2 is 2.55 bits per heavy atom. The van der Waals surface area contributed by atoms with Gasteiger partial charge in [0.05, 0.1) is 4.47 Å². The normalized spacial score (nSPS) is 10.1. The van der Waals surface area contributed by atoms with Gasteiger partial charge in [0.1, 0.15) is 0 Å². The van der Waals surface area contributed by atoms with Crippen LogP contribution in [0.2, 0.25) is 0 Å². The van der Waals surface area contributed by atoms with Crippen molar-refractivity contribution >= 4 is 32.8 Å². The largest absolute Gasteiger partial charge is 0.274 e. The van der Waals surface area contributed by atoms with Crippen LogP contribution in [-0.2, 0) is 6.54 Å². The molecule has 1 rings (SSSR count). The van der Waals surface area contributed by atoms with E-state index in [2.05, 4.69) is 21.0 Å². The molecule has 60 valence electrons. The van der Waals surface area contributed by atoms with E-state index in [-0.39, 0.29) is 5.69 Å². The smallest absolute Gasteiger partial charge is 0.273 e. The summed E-state index contributed by atoms with van der Waals surface area (Å²) < 4.78 is 2.28. The first-order valence-corrected chi connectivity index (χ1v) is 4.25. The van der Waals surface area contributed by atoms with Crippen LogP contribution in [0.25, 0.3) is 0 Å². The number of carbonyl (C=O) groups is 1. The molecule has 0 amide bonds. The van der Waals surface area contributed by atoms with Crippen molar-refractivity contribution in [2.45, 2.75) is 13.5 Å². The van der Waals surface area contributed by atoms with Crippen molar-refractivity contribution in [2.75, 3.05) is 0 Å². The van der Waals surface area contributed by atoms with E-state index in [4.69, 9.17) is 11.6 Å². The van der Waals surface area contributed by atoms with Crippen molar-refractivity contribution in [1.29, 1.82) is 0 Å². The highest BCUT2D eigenvalue weighted by molar-refractivity contribution is 9.10. The van der Waals surface area contributed by atoms with Gasteiger partial charge in [0, 0.05) is 12.7 Å². The maximum absolute atomic E-state index is 10.7. The second-order valence-corrected chi connectivity index (χ2v) is 3.15. The average molecular weight is 237 g/mol. The maximum atomic E-state index is 10.7. The molecule has 0 spiro atoms. The molecule has 0 bridgehead atoms. The Labute approximate surface area is 77.5 Å². The molecule has 1 aromatic rings. The number of hydrogen-bond donors (Lipinski definition) is 0. The molecule has 5 heteroatoms. The van der Waals surface area contributed by atoms with Gasteiger partial charge in [-0.1, -0.05) is 0 Å². The molecule has 0 unspecified atom stereocenters. The Morgan fingerprint density at radius 1 is 1.91 bits per heavy atom. The highest BCUT2D eigenvalue weighted by Gasteiger charge is 2.11. The lowest BCUT2D eigenvalue weighted by atomic mass is 10.5. The Bertz CT molecular complexity index is 284. The first kappa shape index (κ1) is 8.74. The molecule has 0 saturated carbocycles. The average Bonchev–Trinajstić information content (AvgIpc) is 2.30. The van der Waals surface area contributed by atoms with Gasteiger partial charge in [0.2, 0.25) is 0 Å². The van der Waals surface area contributed by atoms with Gasteiger partial charge in [-0.15, -0.1) is 0 Å². The third-order valence-corrected chi connectivity index (χ3v) is 1.99. The minimum Gasteiger partial charge on any atom is -0.274 e. The van der Waals surface area contributed by atoms with Gasteiger partial charge in [-0.3, -0.25) is 9.48 Å². The molecule has 11 heavy (non-hydrogen) atoms. The predicted molar refractivity (Wildman–Crippen MR) is 45.8 cm³/mol. The maximum Gasteiger partial charge on any atom is 0.273 e. The van der Waals surface area contributed by atoms with Crippen molar-refractivity contribution < 1.29 is 4.79 Å². The summed E-state index contributed by atoms with van der Waals surface area (Å²) in [6.07, 6.45) is 1.72. The summed E-state index contributed by atoms with van der Waals surface area (Å²) >= 11 is 8.40. The quantitative estimate of drug-likeness (QED) is 0.738. The van der Waals surface area contributed by atoms with Gasteiger partial charge < -0.3 is 0 Å². The van der Waals surface area contributed by atoms with Gasteiger partial charge in [-0.05, 0) is 34.5 Å². The third kappa shape index (κ3) is 1.81. The van der Waals surface area contributed by atoms with Crippen molar-refractivity contribution in [3.8, 4) is 0 Å². The first-order valence-electron chi connectivity index (χ1n) is 3.08. The number of hydrogen-bond acceptors (Lipinski definition) is 2. The standard InChI is InChI=1S/C6H6BrClN2O/c1-2-10-3-4(7)5(9-10)6(8)11/h3H,2H2,1H3. The number of nitrogens with zero attached hydrogens (tertiary/aromatic N) is 2. The molecule has 0 atom stereocenters. The topological polar surface area (TPSA) is 34.9 Å². The Morgan fingerprint density at radius 3 is 2.82 bits per heavy atom. The number of aromatic nitrogens is 2. The fraction of sp³-hybridized carbons (Fsp3) is 0.333. The van der Waals surface area contributed by atoms with Gasteiger partial charge in [0.25, 0.3) is 5.24 Å². The molecule has 1 aromatic heterocycles. The molecule has 3 nitrogen and oxygen atoms in total. The van der Waals surface area contributed by atoms with E-state index in [1.807, 2.05) is 6.92 Å². The summed E-state index contributed by atoms with van der Waals surface area (Å²) in [6.45, 7) is 2.66. The molecule has 0 radical (unpaired) electrons. The summed E-state index contributed by atoms with van der Waals surface area (Å²) in [7, 11) is 0. The minimum absolute atomic E-state index is 0.272. The van der Waals surface area contributed by atoms with Crippen LogP contribution in [0.15, 0.2) is 10.7 Å². The third-order valence-electron chi connectivity index (χ3n) is 1.23. The highest BCUT2D eigenvalue weighted by Crippen LogP contribution is 2.16. The number of carbonyl (C=O) groups excluding carboxylic acids is 1. The Balaban J connectivity index is 3.07. The van der Waals surface area contributed by atoms with Crippen molar-refractivity contribution in [3.05, 3.63) is 16.4 Å². The van der Waals surface area contributed by atoms with E-state index < -0.39 is 5.24 Å². The molecule has 0 fully saturated rings. The SMILES string of the molecule is CCn1cc(Br)c(C(=O)Cl)n1. The number of rotatable bonds is 2. The lowest BCUT2D eigenvalue weighted by Gasteiger charge is -1.89. The van der Waals surface area contributed by atoms with Gasteiger partial charge in [-0.2, -0.15) is 5.10 Å². The summed E-state index contributed by atoms with van der Waals surface area (Å²) in [5.41, 5.74) is 0.272. The van der Waals surface area contributed by atoms with Crippen LogP contribution < -0.4 is 0 Å². The van der Waals surface area contributed by atoms with Crippen molar-refractivity contribution in [2.24, 2.45) is 0 Å². The van der Waals surface area contributed by atoms with Crippen LogP contribution in [0.5, 0.6) is 0 Å². The molecule has 0 aliphatic heterocycles.